The van der Waals surface area contributed by atoms with Crippen molar-refractivity contribution in [2.45, 2.75) is 72.3 Å². The Kier molecular flexibility index (Phi) is 7.25. The minimum absolute atomic E-state index is 0.448. The van der Waals surface area contributed by atoms with Crippen molar-refractivity contribution in [2.24, 2.45) is 5.41 Å². The third kappa shape index (κ3) is 6.19. The zero-order valence-electron chi connectivity index (χ0n) is 13.1. The summed E-state index contributed by atoms with van der Waals surface area (Å²) < 4.78 is 0. The van der Waals surface area contributed by atoms with Crippen LogP contribution >= 0.6 is 0 Å². The standard InChI is InChI=1S/C16H34N2/c1-5-10-16(4,13-17-15(2)3)14-18-11-8-6-7-9-12-18/h15,17H,5-14H2,1-4H3. The molecular formula is C16H34N2. The summed E-state index contributed by atoms with van der Waals surface area (Å²) in [6.45, 7) is 14.4. The molecular weight excluding hydrogens is 220 g/mol. The average molecular weight is 254 g/mol. The lowest BCUT2D eigenvalue weighted by Gasteiger charge is -2.36. The second kappa shape index (κ2) is 8.16. The van der Waals surface area contributed by atoms with Crippen LogP contribution in [0.2, 0.25) is 0 Å². The van der Waals surface area contributed by atoms with Crippen LogP contribution in [0.4, 0.5) is 0 Å². The average Bonchev–Trinajstić information content (AvgIpc) is 2.55. The first kappa shape index (κ1) is 16.0. The van der Waals surface area contributed by atoms with Gasteiger partial charge in [0.05, 0.1) is 0 Å². The highest BCUT2D eigenvalue weighted by atomic mass is 15.1. The third-order valence-electron chi connectivity index (χ3n) is 4.09. The molecule has 0 amide bonds. The predicted octanol–water partition coefficient (Wildman–Crippen LogP) is 3.67. The summed E-state index contributed by atoms with van der Waals surface area (Å²) in [4.78, 5) is 2.71. The number of nitrogens with zero attached hydrogens (tertiary/aromatic N) is 1. The molecule has 108 valence electrons. The molecule has 0 radical (unpaired) electrons. The van der Waals surface area contributed by atoms with Crippen LogP contribution in [-0.4, -0.2) is 37.1 Å². The molecule has 0 bridgehead atoms. The molecule has 1 rings (SSSR count). The van der Waals surface area contributed by atoms with Gasteiger partial charge < -0.3 is 10.2 Å². The van der Waals surface area contributed by atoms with Gasteiger partial charge in [-0.25, -0.2) is 0 Å². The molecule has 1 aliphatic rings. The summed E-state index contributed by atoms with van der Waals surface area (Å²) in [5, 5.41) is 3.65. The van der Waals surface area contributed by atoms with Gasteiger partial charge in [0.25, 0.3) is 0 Å². The lowest BCUT2D eigenvalue weighted by molar-refractivity contribution is 0.150. The van der Waals surface area contributed by atoms with Crippen molar-refractivity contribution in [1.82, 2.24) is 10.2 Å². The lowest BCUT2D eigenvalue weighted by Crippen LogP contribution is -2.44. The normalized spacial score (nSPS) is 21.8. The summed E-state index contributed by atoms with van der Waals surface area (Å²) in [5.74, 6) is 0. The van der Waals surface area contributed by atoms with E-state index in [4.69, 9.17) is 0 Å². The van der Waals surface area contributed by atoms with Crippen LogP contribution < -0.4 is 5.32 Å². The van der Waals surface area contributed by atoms with E-state index in [1.165, 1.54) is 58.2 Å². The molecule has 0 spiro atoms. The van der Waals surface area contributed by atoms with Gasteiger partial charge >= 0.3 is 0 Å². The predicted molar refractivity (Wildman–Crippen MR) is 81.1 cm³/mol. The molecule has 1 saturated heterocycles. The molecule has 0 saturated carbocycles. The lowest BCUT2D eigenvalue weighted by atomic mass is 9.84. The molecule has 0 aromatic heterocycles. The van der Waals surface area contributed by atoms with Gasteiger partial charge in [-0.15, -0.1) is 0 Å². The van der Waals surface area contributed by atoms with Gasteiger partial charge in [-0.1, -0.05) is 47.0 Å². The molecule has 0 aromatic carbocycles. The summed E-state index contributed by atoms with van der Waals surface area (Å²) in [7, 11) is 0. The van der Waals surface area contributed by atoms with E-state index in [1.807, 2.05) is 0 Å². The third-order valence-corrected chi connectivity index (χ3v) is 4.09. The Morgan fingerprint density at radius 2 is 1.72 bits per heavy atom. The molecule has 1 fully saturated rings. The summed E-state index contributed by atoms with van der Waals surface area (Å²) in [5.41, 5.74) is 0.448. The molecule has 0 aliphatic carbocycles. The fourth-order valence-electron chi connectivity index (χ4n) is 3.11. The minimum atomic E-state index is 0.448. The number of hydrogen-bond donors (Lipinski definition) is 1. The monoisotopic (exact) mass is 254 g/mol. The van der Waals surface area contributed by atoms with E-state index >= 15 is 0 Å². The van der Waals surface area contributed by atoms with Crippen molar-refractivity contribution >= 4 is 0 Å². The highest BCUT2D eigenvalue weighted by Crippen LogP contribution is 2.25. The number of nitrogens with one attached hydrogen (secondary N) is 1. The Hall–Kier alpha value is -0.0800. The highest BCUT2D eigenvalue weighted by molar-refractivity contribution is 4.82. The van der Waals surface area contributed by atoms with Crippen molar-refractivity contribution in [3.63, 3.8) is 0 Å². The molecule has 18 heavy (non-hydrogen) atoms. The van der Waals surface area contributed by atoms with Crippen LogP contribution in [0.15, 0.2) is 0 Å². The maximum Gasteiger partial charge on any atom is 0.00475 e. The second-order valence-corrected chi connectivity index (χ2v) is 6.79. The fourth-order valence-corrected chi connectivity index (χ4v) is 3.11. The molecule has 0 aromatic rings. The van der Waals surface area contributed by atoms with E-state index in [-0.39, 0.29) is 0 Å². The van der Waals surface area contributed by atoms with E-state index < -0.39 is 0 Å². The molecule has 1 atom stereocenters. The molecule has 2 nitrogen and oxygen atoms in total. The van der Waals surface area contributed by atoms with E-state index in [9.17, 15) is 0 Å². The minimum Gasteiger partial charge on any atom is -0.314 e. The van der Waals surface area contributed by atoms with Crippen LogP contribution in [0.1, 0.15) is 66.2 Å². The van der Waals surface area contributed by atoms with E-state index in [0.29, 0.717) is 11.5 Å². The molecule has 1 heterocycles. The van der Waals surface area contributed by atoms with E-state index in [1.54, 1.807) is 0 Å². The molecule has 2 heteroatoms. The molecule has 1 unspecified atom stereocenters. The van der Waals surface area contributed by atoms with Crippen molar-refractivity contribution in [2.75, 3.05) is 26.2 Å². The Labute approximate surface area is 115 Å². The first-order chi connectivity index (χ1) is 8.56. The summed E-state index contributed by atoms with van der Waals surface area (Å²) >= 11 is 0. The van der Waals surface area contributed by atoms with Gasteiger partial charge in [0.15, 0.2) is 0 Å². The number of hydrogen-bond acceptors (Lipinski definition) is 2. The maximum atomic E-state index is 3.65. The Morgan fingerprint density at radius 3 is 2.22 bits per heavy atom. The first-order valence-electron chi connectivity index (χ1n) is 8.01. The van der Waals surface area contributed by atoms with Crippen LogP contribution in [0.25, 0.3) is 0 Å². The van der Waals surface area contributed by atoms with Gasteiger partial charge in [0, 0.05) is 19.1 Å². The van der Waals surface area contributed by atoms with Crippen molar-refractivity contribution < 1.29 is 0 Å². The topological polar surface area (TPSA) is 15.3 Å². The van der Waals surface area contributed by atoms with Crippen LogP contribution in [-0.2, 0) is 0 Å². The Balaban J connectivity index is 2.47. The van der Waals surface area contributed by atoms with Gasteiger partial charge in [0.1, 0.15) is 0 Å². The van der Waals surface area contributed by atoms with E-state index in [0.717, 1.165) is 6.54 Å². The summed E-state index contributed by atoms with van der Waals surface area (Å²) in [6, 6.07) is 0.602. The maximum absolute atomic E-state index is 3.65. The zero-order chi connectivity index (χ0) is 13.4. The van der Waals surface area contributed by atoms with Crippen LogP contribution in [0.3, 0.4) is 0 Å². The highest BCUT2D eigenvalue weighted by Gasteiger charge is 2.26. The molecule has 1 N–H and O–H groups in total. The Bertz CT molecular complexity index is 207. The van der Waals surface area contributed by atoms with Gasteiger partial charge in [-0.3, -0.25) is 0 Å². The second-order valence-electron chi connectivity index (χ2n) is 6.79. The van der Waals surface area contributed by atoms with Gasteiger partial charge in [0.2, 0.25) is 0 Å². The number of likely N-dealkylation sites (tertiary alicyclic amines) is 1. The van der Waals surface area contributed by atoms with Gasteiger partial charge in [-0.05, 0) is 37.8 Å². The molecule has 1 aliphatic heterocycles. The van der Waals surface area contributed by atoms with Crippen LogP contribution in [0, 0.1) is 5.41 Å². The first-order valence-corrected chi connectivity index (χ1v) is 8.01. The van der Waals surface area contributed by atoms with E-state index in [2.05, 4.69) is 37.9 Å². The Morgan fingerprint density at radius 1 is 1.11 bits per heavy atom. The zero-order valence-corrected chi connectivity index (χ0v) is 13.1. The largest absolute Gasteiger partial charge is 0.314 e. The van der Waals surface area contributed by atoms with Crippen molar-refractivity contribution in [1.29, 1.82) is 0 Å². The smallest absolute Gasteiger partial charge is 0.00475 e. The van der Waals surface area contributed by atoms with Crippen molar-refractivity contribution in [3.05, 3.63) is 0 Å². The quantitative estimate of drug-likeness (QED) is 0.746. The fraction of sp³-hybridized carbons (Fsp3) is 1.00. The van der Waals surface area contributed by atoms with Crippen LogP contribution in [0.5, 0.6) is 0 Å². The SMILES string of the molecule is CCCC(C)(CNC(C)C)CN1CCCCCC1. The summed E-state index contributed by atoms with van der Waals surface area (Å²) in [6.07, 6.45) is 8.31. The van der Waals surface area contributed by atoms with Crippen molar-refractivity contribution in [3.8, 4) is 0 Å². The van der Waals surface area contributed by atoms with Gasteiger partial charge in [-0.2, -0.15) is 0 Å². The number of rotatable bonds is 7.